The lowest BCUT2D eigenvalue weighted by Crippen LogP contribution is -2.28. The molecule has 20 heavy (non-hydrogen) atoms. The molecule has 2 nitrogen and oxygen atoms in total. The molecule has 0 aliphatic rings. The minimum absolute atomic E-state index is 0.0733. The van der Waals surface area contributed by atoms with E-state index in [1.165, 1.54) is 5.56 Å². The molecule has 2 aromatic rings. The van der Waals surface area contributed by atoms with Crippen molar-refractivity contribution < 1.29 is 4.79 Å². The molecule has 0 aliphatic carbocycles. The molecule has 1 unspecified atom stereocenters. The summed E-state index contributed by atoms with van der Waals surface area (Å²) >= 11 is 0. The lowest BCUT2D eigenvalue weighted by molar-refractivity contribution is -0.121. The highest BCUT2D eigenvalue weighted by atomic mass is 16.1. The largest absolute Gasteiger partial charge is 0.345 e. The van der Waals surface area contributed by atoms with Crippen LogP contribution >= 0.6 is 0 Å². The van der Waals surface area contributed by atoms with Gasteiger partial charge in [0, 0.05) is 6.42 Å². The fraction of sp³-hybridized carbons (Fsp3) is 0.278. The molecule has 0 aliphatic heterocycles. The third-order valence-electron chi connectivity index (χ3n) is 3.33. The van der Waals surface area contributed by atoms with Crippen molar-refractivity contribution in [2.45, 2.75) is 32.7 Å². The molecule has 0 spiro atoms. The van der Waals surface area contributed by atoms with Gasteiger partial charge >= 0.3 is 0 Å². The first-order valence-electron chi connectivity index (χ1n) is 7.11. The number of aryl methyl sites for hydroxylation is 1. The number of carbonyl (C=O) groups is 1. The van der Waals surface area contributed by atoms with Crippen LogP contribution in [0, 0.1) is 6.92 Å². The van der Waals surface area contributed by atoms with Gasteiger partial charge in [0.25, 0.3) is 0 Å². The number of hydrogen-bond acceptors (Lipinski definition) is 1. The number of amides is 1. The van der Waals surface area contributed by atoms with Gasteiger partial charge in [-0.15, -0.1) is 0 Å². The Balaban J connectivity index is 2.29. The van der Waals surface area contributed by atoms with Crippen LogP contribution in [0.1, 0.15) is 42.5 Å². The summed E-state index contributed by atoms with van der Waals surface area (Å²) in [6.07, 6.45) is 1.43. The SMILES string of the molecule is CCCC(=O)NC(c1ccccc1)c1ccc(C)cc1. The molecule has 0 radical (unpaired) electrons. The smallest absolute Gasteiger partial charge is 0.220 e. The van der Waals surface area contributed by atoms with E-state index in [2.05, 4.69) is 48.6 Å². The molecule has 1 amide bonds. The fourth-order valence-electron chi connectivity index (χ4n) is 2.22. The van der Waals surface area contributed by atoms with Crippen molar-refractivity contribution in [3.8, 4) is 0 Å². The van der Waals surface area contributed by atoms with E-state index in [1.807, 2.05) is 25.1 Å². The van der Waals surface area contributed by atoms with Crippen molar-refractivity contribution >= 4 is 5.91 Å². The molecule has 2 heteroatoms. The monoisotopic (exact) mass is 267 g/mol. The van der Waals surface area contributed by atoms with E-state index < -0.39 is 0 Å². The molecule has 1 atom stereocenters. The first-order valence-corrected chi connectivity index (χ1v) is 7.11. The lowest BCUT2D eigenvalue weighted by Gasteiger charge is -2.20. The number of rotatable bonds is 5. The summed E-state index contributed by atoms with van der Waals surface area (Å²) in [6.45, 7) is 4.08. The van der Waals surface area contributed by atoms with Gasteiger partial charge in [0.1, 0.15) is 0 Å². The minimum Gasteiger partial charge on any atom is -0.345 e. The topological polar surface area (TPSA) is 29.1 Å². The van der Waals surface area contributed by atoms with E-state index in [1.54, 1.807) is 0 Å². The standard InChI is InChI=1S/C18H21NO/c1-3-7-17(20)19-18(15-8-5-4-6-9-15)16-12-10-14(2)11-13-16/h4-6,8-13,18H,3,7H2,1-2H3,(H,19,20). The molecule has 0 saturated heterocycles. The van der Waals surface area contributed by atoms with Crippen molar-refractivity contribution in [3.05, 3.63) is 71.3 Å². The average Bonchev–Trinajstić information content (AvgIpc) is 2.47. The quantitative estimate of drug-likeness (QED) is 0.871. The summed E-state index contributed by atoms with van der Waals surface area (Å²) in [5.41, 5.74) is 3.45. The van der Waals surface area contributed by atoms with Crippen LogP contribution in [0.2, 0.25) is 0 Å². The molecular formula is C18H21NO. The predicted molar refractivity (Wildman–Crippen MR) is 82.5 cm³/mol. The van der Waals surface area contributed by atoms with Gasteiger partial charge in [-0.1, -0.05) is 67.1 Å². The highest BCUT2D eigenvalue weighted by Crippen LogP contribution is 2.22. The maximum Gasteiger partial charge on any atom is 0.220 e. The second kappa shape index (κ2) is 6.90. The minimum atomic E-state index is -0.0733. The van der Waals surface area contributed by atoms with Crippen LogP contribution in [-0.4, -0.2) is 5.91 Å². The third kappa shape index (κ3) is 3.70. The van der Waals surface area contributed by atoms with Crippen LogP contribution in [0.3, 0.4) is 0 Å². The van der Waals surface area contributed by atoms with Crippen molar-refractivity contribution in [1.82, 2.24) is 5.32 Å². The zero-order valence-electron chi connectivity index (χ0n) is 12.1. The summed E-state index contributed by atoms with van der Waals surface area (Å²) in [5, 5.41) is 3.13. The van der Waals surface area contributed by atoms with Crippen molar-refractivity contribution in [1.29, 1.82) is 0 Å². The summed E-state index contributed by atoms with van der Waals surface area (Å²) in [5.74, 6) is 0.0990. The van der Waals surface area contributed by atoms with Gasteiger partial charge in [0.2, 0.25) is 5.91 Å². The van der Waals surface area contributed by atoms with Gasteiger partial charge in [0.15, 0.2) is 0 Å². The molecule has 0 saturated carbocycles. The average molecular weight is 267 g/mol. The zero-order valence-corrected chi connectivity index (χ0v) is 12.1. The van der Waals surface area contributed by atoms with E-state index in [4.69, 9.17) is 0 Å². The Kier molecular flexibility index (Phi) is 4.94. The molecule has 0 bridgehead atoms. The number of benzene rings is 2. The molecule has 0 fully saturated rings. The van der Waals surface area contributed by atoms with E-state index in [-0.39, 0.29) is 11.9 Å². The van der Waals surface area contributed by atoms with Gasteiger partial charge in [-0.05, 0) is 24.5 Å². The van der Waals surface area contributed by atoms with E-state index in [0.29, 0.717) is 6.42 Å². The molecule has 2 rings (SSSR count). The Labute approximate surface area is 120 Å². The molecule has 1 N–H and O–H groups in total. The van der Waals surface area contributed by atoms with Crippen LogP contribution in [0.4, 0.5) is 0 Å². The predicted octanol–water partition coefficient (Wildman–Crippen LogP) is 4.00. The van der Waals surface area contributed by atoms with Crippen LogP contribution in [-0.2, 0) is 4.79 Å². The van der Waals surface area contributed by atoms with Gasteiger partial charge < -0.3 is 5.32 Å². The molecular weight excluding hydrogens is 246 g/mol. The number of carbonyl (C=O) groups excluding carboxylic acids is 1. The zero-order chi connectivity index (χ0) is 14.4. The number of hydrogen-bond donors (Lipinski definition) is 1. The van der Waals surface area contributed by atoms with Crippen molar-refractivity contribution in [2.75, 3.05) is 0 Å². The Morgan fingerprint density at radius 2 is 1.60 bits per heavy atom. The maximum absolute atomic E-state index is 12.0. The van der Waals surface area contributed by atoms with Gasteiger partial charge in [0.05, 0.1) is 6.04 Å². The fourth-order valence-corrected chi connectivity index (χ4v) is 2.22. The van der Waals surface area contributed by atoms with E-state index in [0.717, 1.165) is 17.5 Å². The van der Waals surface area contributed by atoms with Crippen LogP contribution < -0.4 is 5.32 Å². The normalized spacial score (nSPS) is 11.9. The molecule has 104 valence electrons. The molecule has 2 aromatic carbocycles. The highest BCUT2D eigenvalue weighted by molar-refractivity contribution is 5.76. The van der Waals surface area contributed by atoms with Crippen molar-refractivity contribution in [2.24, 2.45) is 0 Å². The summed E-state index contributed by atoms with van der Waals surface area (Å²) in [7, 11) is 0. The van der Waals surface area contributed by atoms with E-state index >= 15 is 0 Å². The van der Waals surface area contributed by atoms with Crippen LogP contribution in [0.25, 0.3) is 0 Å². The molecule has 0 aromatic heterocycles. The Hall–Kier alpha value is -2.09. The Morgan fingerprint density at radius 1 is 1.00 bits per heavy atom. The summed E-state index contributed by atoms with van der Waals surface area (Å²) in [4.78, 5) is 12.0. The Bertz CT molecular complexity index is 545. The van der Waals surface area contributed by atoms with Crippen LogP contribution in [0.15, 0.2) is 54.6 Å². The first-order chi connectivity index (χ1) is 9.70. The summed E-state index contributed by atoms with van der Waals surface area (Å²) in [6, 6.07) is 18.4. The maximum atomic E-state index is 12.0. The summed E-state index contributed by atoms with van der Waals surface area (Å²) < 4.78 is 0. The number of nitrogens with one attached hydrogen (secondary N) is 1. The van der Waals surface area contributed by atoms with Crippen LogP contribution in [0.5, 0.6) is 0 Å². The third-order valence-corrected chi connectivity index (χ3v) is 3.33. The molecule has 0 heterocycles. The van der Waals surface area contributed by atoms with Gasteiger partial charge in [-0.25, -0.2) is 0 Å². The lowest BCUT2D eigenvalue weighted by atomic mass is 9.97. The second-order valence-electron chi connectivity index (χ2n) is 5.07. The van der Waals surface area contributed by atoms with E-state index in [9.17, 15) is 4.79 Å². The highest BCUT2D eigenvalue weighted by Gasteiger charge is 2.15. The second-order valence-corrected chi connectivity index (χ2v) is 5.07. The Morgan fingerprint density at radius 3 is 2.20 bits per heavy atom. The first kappa shape index (κ1) is 14.3. The van der Waals surface area contributed by atoms with Crippen molar-refractivity contribution in [3.63, 3.8) is 0 Å². The van der Waals surface area contributed by atoms with Gasteiger partial charge in [-0.3, -0.25) is 4.79 Å². The van der Waals surface area contributed by atoms with Gasteiger partial charge in [-0.2, -0.15) is 0 Å².